The molecule has 0 unspecified atom stereocenters. The van der Waals surface area contributed by atoms with Crippen molar-refractivity contribution in [2.75, 3.05) is 0 Å². The molecule has 0 heterocycles. The molecule has 0 aliphatic heterocycles. The van der Waals surface area contributed by atoms with Crippen LogP contribution in [0.2, 0.25) is 0 Å². The molecule has 0 nitrogen and oxygen atoms in total. The summed E-state index contributed by atoms with van der Waals surface area (Å²) in [7, 11) is 1.98. The minimum absolute atomic E-state index is 0. The summed E-state index contributed by atoms with van der Waals surface area (Å²) in [6, 6.07) is 11.6. The minimum atomic E-state index is 0. The summed E-state index contributed by atoms with van der Waals surface area (Å²) in [6.07, 6.45) is 20.0. The fourth-order valence-electron chi connectivity index (χ4n) is 1.33. The number of hydrogen-bond donors (Lipinski definition) is 0. The molecular weight excluding hydrogens is 491 g/mol. The molecule has 1 aromatic rings. The van der Waals surface area contributed by atoms with Crippen molar-refractivity contribution in [1.29, 1.82) is 0 Å². The van der Waals surface area contributed by atoms with E-state index in [0.717, 1.165) is 12.8 Å². The second-order valence-electron chi connectivity index (χ2n) is 3.74. The second kappa shape index (κ2) is 16.8. The normalized spacial score (nSPS) is 12.4. The topological polar surface area (TPSA) is 0 Å². The van der Waals surface area contributed by atoms with E-state index in [1.54, 1.807) is 0 Å². The predicted octanol–water partition coefficient (Wildman–Crippen LogP) is 0.433. The van der Waals surface area contributed by atoms with Crippen molar-refractivity contribution in [3.05, 3.63) is 84.5 Å². The summed E-state index contributed by atoms with van der Waals surface area (Å²) in [5.41, 5.74) is 1.42. The standard InChI is InChI=1S/C7H9Si.2C5H5.BrH.Hf/c8-6-7-4-2-1-3-5-7;2*1-2-4-5-3-1;;/h1-5H,6,8H2;2*1-3H,4H2;1H;/q;2*-1;;/p-1. The van der Waals surface area contributed by atoms with Crippen LogP contribution in [0, 0.1) is 12.2 Å². The van der Waals surface area contributed by atoms with Crippen LogP contribution < -0.4 is 17.0 Å². The van der Waals surface area contributed by atoms with Gasteiger partial charge in [-0.15, -0.1) is 12.8 Å². The van der Waals surface area contributed by atoms with E-state index in [1.807, 2.05) is 40.6 Å². The van der Waals surface area contributed by atoms with Crippen LogP contribution in [-0.2, 0) is 31.9 Å². The summed E-state index contributed by atoms with van der Waals surface area (Å²) in [4.78, 5) is 0. The third-order valence-electron chi connectivity index (χ3n) is 2.30. The zero-order valence-electron chi connectivity index (χ0n) is 11.6. The van der Waals surface area contributed by atoms with Crippen molar-refractivity contribution in [2.24, 2.45) is 0 Å². The first-order valence-corrected chi connectivity index (χ1v) is 7.20. The first-order chi connectivity index (χ1) is 8.93. The smallest absolute Gasteiger partial charge is 0.0138 e. The molecule has 0 bridgehead atoms. The van der Waals surface area contributed by atoms with E-state index in [9.17, 15) is 0 Å². The summed E-state index contributed by atoms with van der Waals surface area (Å²) >= 11 is 0. The molecule has 0 saturated heterocycles. The Morgan fingerprint density at radius 3 is 1.60 bits per heavy atom. The van der Waals surface area contributed by atoms with Gasteiger partial charge in [-0.05, 0) is 6.04 Å². The Kier molecular flexibility index (Phi) is 18.5. The van der Waals surface area contributed by atoms with Gasteiger partial charge >= 0.3 is 0 Å². The molecular formula is C17H19BrHfSi-3. The van der Waals surface area contributed by atoms with Crippen molar-refractivity contribution < 1.29 is 42.8 Å². The fraction of sp³-hybridized carbons (Fsp3) is 0.176. The van der Waals surface area contributed by atoms with Gasteiger partial charge in [-0.2, -0.15) is 12.2 Å². The maximum atomic E-state index is 2.99. The monoisotopic (exact) mass is 510 g/mol. The average Bonchev–Trinajstić information content (AvgIpc) is 3.17. The molecule has 20 heavy (non-hydrogen) atoms. The van der Waals surface area contributed by atoms with Crippen LogP contribution in [0.15, 0.2) is 66.8 Å². The van der Waals surface area contributed by atoms with Gasteiger partial charge in [0, 0.05) is 36.1 Å². The Morgan fingerprint density at radius 1 is 0.900 bits per heavy atom. The maximum absolute atomic E-state index is 2.99. The predicted molar refractivity (Wildman–Crippen MR) is 81.8 cm³/mol. The van der Waals surface area contributed by atoms with Gasteiger partial charge in [-0.25, -0.2) is 24.3 Å². The Morgan fingerprint density at radius 2 is 1.40 bits per heavy atom. The van der Waals surface area contributed by atoms with Gasteiger partial charge in [0.1, 0.15) is 0 Å². The first-order valence-electron chi connectivity index (χ1n) is 6.20. The van der Waals surface area contributed by atoms with Crippen LogP contribution in [0.3, 0.4) is 0 Å². The average molecular weight is 510 g/mol. The van der Waals surface area contributed by atoms with Crippen LogP contribution in [0.5, 0.6) is 0 Å². The maximum Gasteiger partial charge on any atom is 0.0138 e. The number of allylic oxidation sites excluding steroid dienone is 8. The molecule has 2 aliphatic carbocycles. The molecule has 0 aromatic heterocycles. The molecule has 1 aromatic carbocycles. The van der Waals surface area contributed by atoms with Crippen molar-refractivity contribution in [2.45, 2.75) is 18.9 Å². The van der Waals surface area contributed by atoms with Crippen LogP contribution in [0.1, 0.15) is 18.4 Å². The Labute approximate surface area is 155 Å². The van der Waals surface area contributed by atoms with Gasteiger partial charge in [-0.3, -0.25) is 12.2 Å². The van der Waals surface area contributed by atoms with E-state index >= 15 is 0 Å². The number of hydrogen-bond acceptors (Lipinski definition) is 0. The SMILES string of the molecule is [Br-].[C-]1=CC=CC1.[C-]1=CC=CC1.[Hf].[SiH2]Cc1ccccc1. The van der Waals surface area contributed by atoms with Crippen LogP contribution in [0.25, 0.3) is 0 Å². The minimum Gasteiger partial charge on any atom is -1.00 e. The molecule has 0 atom stereocenters. The van der Waals surface area contributed by atoms with E-state index < -0.39 is 0 Å². The molecule has 3 rings (SSSR count). The summed E-state index contributed by atoms with van der Waals surface area (Å²) < 4.78 is 0. The Bertz CT molecular complexity index is 380. The third-order valence-corrected chi connectivity index (χ3v) is 2.88. The van der Waals surface area contributed by atoms with Crippen molar-refractivity contribution >= 4 is 10.2 Å². The van der Waals surface area contributed by atoms with E-state index in [0.29, 0.717) is 0 Å². The van der Waals surface area contributed by atoms with E-state index in [2.05, 4.69) is 48.6 Å². The van der Waals surface area contributed by atoms with E-state index in [4.69, 9.17) is 0 Å². The number of benzene rings is 1. The number of halogens is 1. The summed E-state index contributed by atoms with van der Waals surface area (Å²) in [5, 5.41) is 0. The van der Waals surface area contributed by atoms with Crippen molar-refractivity contribution in [3.8, 4) is 0 Å². The summed E-state index contributed by atoms with van der Waals surface area (Å²) in [5.74, 6) is 0. The second-order valence-corrected chi connectivity index (χ2v) is 4.24. The Hall–Kier alpha value is -0.253. The quantitative estimate of drug-likeness (QED) is 0.381. The van der Waals surface area contributed by atoms with Gasteiger partial charge in [0.15, 0.2) is 0 Å². The molecule has 2 aliphatic rings. The molecule has 0 N–H and O–H groups in total. The van der Waals surface area contributed by atoms with Crippen molar-refractivity contribution in [3.63, 3.8) is 0 Å². The van der Waals surface area contributed by atoms with Crippen molar-refractivity contribution in [1.82, 2.24) is 0 Å². The molecule has 3 heteroatoms. The fourth-order valence-corrected chi connectivity index (χ4v) is 1.66. The van der Waals surface area contributed by atoms with Gasteiger partial charge in [0.05, 0.1) is 0 Å². The molecule has 0 saturated carbocycles. The van der Waals surface area contributed by atoms with Gasteiger partial charge < -0.3 is 17.0 Å². The molecule has 0 spiro atoms. The molecule has 0 fully saturated rings. The van der Waals surface area contributed by atoms with Gasteiger partial charge in [0.25, 0.3) is 0 Å². The number of rotatable bonds is 1. The molecule has 105 valence electrons. The largest absolute Gasteiger partial charge is 1.00 e. The molecule has 1 radical (unpaired) electrons. The first kappa shape index (κ1) is 22.0. The summed E-state index contributed by atoms with van der Waals surface area (Å²) in [6.45, 7) is 0. The van der Waals surface area contributed by atoms with Gasteiger partial charge in [0.2, 0.25) is 0 Å². The van der Waals surface area contributed by atoms with Crippen LogP contribution >= 0.6 is 0 Å². The zero-order chi connectivity index (χ0) is 12.9. The molecule has 0 amide bonds. The zero-order valence-corrected chi connectivity index (χ0v) is 18.2. The third kappa shape index (κ3) is 12.8. The van der Waals surface area contributed by atoms with Crippen LogP contribution in [-0.4, -0.2) is 10.2 Å². The van der Waals surface area contributed by atoms with Gasteiger partial charge in [-0.1, -0.05) is 35.9 Å². The Balaban J connectivity index is 0. The van der Waals surface area contributed by atoms with Crippen LogP contribution in [0.4, 0.5) is 0 Å². The van der Waals surface area contributed by atoms with E-state index in [1.165, 1.54) is 11.6 Å². The van der Waals surface area contributed by atoms with E-state index in [-0.39, 0.29) is 42.8 Å².